The van der Waals surface area contributed by atoms with Crippen LogP contribution in [0.1, 0.15) is 18.9 Å². The first kappa shape index (κ1) is 15.1. The third-order valence-corrected chi connectivity index (χ3v) is 3.27. The van der Waals surface area contributed by atoms with E-state index in [0.717, 1.165) is 30.1 Å². The molecule has 0 bridgehead atoms. The number of anilines is 1. The molecule has 1 nitrogen and oxygen atoms in total. The van der Waals surface area contributed by atoms with Crippen LogP contribution >= 0.6 is 11.8 Å². The Kier molecular flexibility index (Phi) is 5.78. The van der Waals surface area contributed by atoms with Gasteiger partial charge < -0.3 is 5.32 Å². The lowest BCUT2D eigenvalue weighted by Gasteiger charge is -2.10. The predicted octanol–water partition coefficient (Wildman–Crippen LogP) is 4.40. The van der Waals surface area contributed by atoms with Crippen molar-refractivity contribution in [2.24, 2.45) is 0 Å². The van der Waals surface area contributed by atoms with Crippen molar-refractivity contribution in [1.29, 1.82) is 0 Å². The second-order valence-corrected chi connectivity index (χ2v) is 5.06. The molecule has 0 aliphatic carbocycles. The molecule has 0 spiro atoms. The maximum absolute atomic E-state index is 13.4. The van der Waals surface area contributed by atoms with Crippen molar-refractivity contribution in [1.82, 2.24) is 0 Å². The number of nitrogens with one attached hydrogen (secondary N) is 1. The fourth-order valence-corrected chi connectivity index (χ4v) is 2.01. The maximum Gasteiger partial charge on any atom is 0.416 e. The van der Waals surface area contributed by atoms with Crippen LogP contribution in [0.3, 0.4) is 0 Å². The van der Waals surface area contributed by atoms with Gasteiger partial charge in [-0.2, -0.15) is 24.9 Å². The van der Waals surface area contributed by atoms with Crippen molar-refractivity contribution in [2.75, 3.05) is 23.4 Å². The summed E-state index contributed by atoms with van der Waals surface area (Å²) in [5.41, 5.74) is -0.850. The van der Waals surface area contributed by atoms with Crippen LogP contribution in [-0.4, -0.2) is 18.1 Å². The highest BCUT2D eigenvalue weighted by molar-refractivity contribution is 7.99. The van der Waals surface area contributed by atoms with Crippen LogP contribution < -0.4 is 5.32 Å². The van der Waals surface area contributed by atoms with Gasteiger partial charge in [0.2, 0.25) is 0 Å². The second kappa shape index (κ2) is 6.87. The Balaban J connectivity index is 2.53. The van der Waals surface area contributed by atoms with E-state index < -0.39 is 17.6 Å². The van der Waals surface area contributed by atoms with E-state index in [1.54, 1.807) is 11.8 Å². The summed E-state index contributed by atoms with van der Waals surface area (Å²) in [5.74, 6) is 1.10. The van der Waals surface area contributed by atoms with Crippen LogP contribution in [-0.2, 0) is 6.18 Å². The summed E-state index contributed by atoms with van der Waals surface area (Å²) in [6.07, 6.45) is -3.66. The zero-order chi connectivity index (χ0) is 13.6. The van der Waals surface area contributed by atoms with Crippen molar-refractivity contribution >= 4 is 17.4 Å². The minimum absolute atomic E-state index is 0.115. The van der Waals surface area contributed by atoms with E-state index in [0.29, 0.717) is 12.6 Å². The molecule has 0 saturated heterocycles. The van der Waals surface area contributed by atoms with E-state index in [-0.39, 0.29) is 5.69 Å². The van der Waals surface area contributed by atoms with Crippen molar-refractivity contribution in [3.63, 3.8) is 0 Å². The van der Waals surface area contributed by atoms with Crippen molar-refractivity contribution in [3.05, 3.63) is 29.6 Å². The van der Waals surface area contributed by atoms with E-state index in [1.165, 1.54) is 0 Å². The van der Waals surface area contributed by atoms with Gasteiger partial charge in [0.05, 0.1) is 11.3 Å². The monoisotopic (exact) mass is 281 g/mol. The lowest BCUT2D eigenvalue weighted by Crippen LogP contribution is -2.08. The quantitative estimate of drug-likeness (QED) is 0.612. The molecule has 0 heterocycles. The molecule has 0 aromatic heterocycles. The van der Waals surface area contributed by atoms with Gasteiger partial charge in [-0.25, -0.2) is 4.39 Å². The standard InChI is InChI=1S/C12H15F4NS/c1-2-18-7-3-6-17-11-5-4-9(8-10(11)13)12(14,15)16/h4-5,8,17H,2-3,6-7H2,1H3. The molecule has 1 aromatic carbocycles. The van der Waals surface area contributed by atoms with Crippen LogP contribution in [0.2, 0.25) is 0 Å². The van der Waals surface area contributed by atoms with Crippen molar-refractivity contribution in [3.8, 4) is 0 Å². The molecule has 18 heavy (non-hydrogen) atoms. The van der Waals surface area contributed by atoms with E-state index in [1.807, 2.05) is 6.92 Å². The maximum atomic E-state index is 13.4. The minimum atomic E-state index is -4.50. The molecule has 0 aliphatic heterocycles. The summed E-state index contributed by atoms with van der Waals surface area (Å²) in [6, 6.07) is 2.53. The van der Waals surface area contributed by atoms with Crippen LogP contribution in [0, 0.1) is 5.82 Å². The van der Waals surface area contributed by atoms with Crippen LogP contribution in [0.25, 0.3) is 0 Å². The molecule has 0 saturated carbocycles. The molecule has 102 valence electrons. The molecule has 1 rings (SSSR count). The fraction of sp³-hybridized carbons (Fsp3) is 0.500. The Morgan fingerprint density at radius 3 is 2.56 bits per heavy atom. The first-order valence-electron chi connectivity index (χ1n) is 5.63. The highest BCUT2D eigenvalue weighted by Crippen LogP contribution is 2.31. The molecule has 0 radical (unpaired) electrons. The van der Waals surface area contributed by atoms with E-state index >= 15 is 0 Å². The van der Waals surface area contributed by atoms with Gasteiger partial charge in [0, 0.05) is 6.54 Å². The van der Waals surface area contributed by atoms with Gasteiger partial charge in [0.1, 0.15) is 5.82 Å². The molecule has 1 aromatic rings. The van der Waals surface area contributed by atoms with Gasteiger partial charge >= 0.3 is 6.18 Å². The summed E-state index contributed by atoms with van der Waals surface area (Å²) < 4.78 is 50.3. The zero-order valence-electron chi connectivity index (χ0n) is 9.98. The second-order valence-electron chi connectivity index (χ2n) is 3.67. The van der Waals surface area contributed by atoms with E-state index in [4.69, 9.17) is 0 Å². The summed E-state index contributed by atoms with van der Waals surface area (Å²) in [5, 5.41) is 2.79. The van der Waals surface area contributed by atoms with Gasteiger partial charge in [-0.1, -0.05) is 6.92 Å². The topological polar surface area (TPSA) is 12.0 Å². The number of thioether (sulfide) groups is 1. The number of hydrogen-bond donors (Lipinski definition) is 1. The highest BCUT2D eigenvalue weighted by atomic mass is 32.2. The summed E-state index contributed by atoms with van der Waals surface area (Å²) in [4.78, 5) is 0. The third kappa shape index (κ3) is 4.76. The number of benzene rings is 1. The first-order chi connectivity index (χ1) is 8.45. The molecule has 0 unspecified atom stereocenters. The average Bonchev–Trinajstić information content (AvgIpc) is 2.29. The lowest BCUT2D eigenvalue weighted by molar-refractivity contribution is -0.137. The Morgan fingerprint density at radius 1 is 1.28 bits per heavy atom. The molecule has 0 fully saturated rings. The summed E-state index contributed by atoms with van der Waals surface area (Å²) >= 11 is 1.77. The Morgan fingerprint density at radius 2 is 2.00 bits per heavy atom. The molecule has 6 heteroatoms. The first-order valence-corrected chi connectivity index (χ1v) is 6.79. The SMILES string of the molecule is CCSCCCNc1ccc(C(F)(F)F)cc1F. The van der Waals surface area contributed by atoms with E-state index in [2.05, 4.69) is 5.32 Å². The van der Waals surface area contributed by atoms with Crippen LogP contribution in [0.15, 0.2) is 18.2 Å². The fourth-order valence-electron chi connectivity index (χ4n) is 1.38. The van der Waals surface area contributed by atoms with Gasteiger partial charge in [-0.3, -0.25) is 0 Å². The number of rotatable bonds is 6. The predicted molar refractivity (Wildman–Crippen MR) is 67.5 cm³/mol. The van der Waals surface area contributed by atoms with Gasteiger partial charge in [-0.05, 0) is 36.1 Å². The molecule has 1 N–H and O–H groups in total. The largest absolute Gasteiger partial charge is 0.416 e. The normalized spacial score (nSPS) is 11.6. The Bertz CT molecular complexity index is 379. The molecular formula is C12H15F4NS. The van der Waals surface area contributed by atoms with Crippen LogP contribution in [0.4, 0.5) is 23.2 Å². The number of hydrogen-bond acceptors (Lipinski definition) is 2. The Labute approximate surface area is 108 Å². The molecule has 0 aliphatic rings. The highest BCUT2D eigenvalue weighted by Gasteiger charge is 2.31. The average molecular weight is 281 g/mol. The lowest BCUT2D eigenvalue weighted by atomic mass is 10.2. The molecule has 0 amide bonds. The summed E-state index contributed by atoms with van der Waals surface area (Å²) in [6.45, 7) is 2.60. The van der Waals surface area contributed by atoms with Gasteiger partial charge in [0.15, 0.2) is 0 Å². The molecular weight excluding hydrogens is 266 g/mol. The number of halogens is 4. The Hall–Kier alpha value is -0.910. The smallest absolute Gasteiger partial charge is 0.383 e. The van der Waals surface area contributed by atoms with Crippen molar-refractivity contribution < 1.29 is 17.6 Å². The van der Waals surface area contributed by atoms with Crippen LogP contribution in [0.5, 0.6) is 0 Å². The third-order valence-electron chi connectivity index (χ3n) is 2.28. The summed E-state index contributed by atoms with van der Waals surface area (Å²) in [7, 11) is 0. The zero-order valence-corrected chi connectivity index (χ0v) is 10.8. The number of alkyl halides is 3. The molecule has 0 atom stereocenters. The van der Waals surface area contributed by atoms with E-state index in [9.17, 15) is 17.6 Å². The van der Waals surface area contributed by atoms with Gasteiger partial charge in [-0.15, -0.1) is 0 Å². The van der Waals surface area contributed by atoms with Gasteiger partial charge in [0.25, 0.3) is 0 Å². The minimum Gasteiger partial charge on any atom is -0.383 e. The van der Waals surface area contributed by atoms with Crippen molar-refractivity contribution in [2.45, 2.75) is 19.5 Å².